The molecular weight excluding hydrogens is 324 g/mol. The van der Waals surface area contributed by atoms with Gasteiger partial charge in [-0.05, 0) is 30.0 Å². The molecule has 23 heavy (non-hydrogen) atoms. The summed E-state index contributed by atoms with van der Waals surface area (Å²) in [5.41, 5.74) is 3.22. The molecule has 0 spiro atoms. The Kier molecular flexibility index (Phi) is 5.00. The molecule has 2 heterocycles. The average Bonchev–Trinajstić information content (AvgIpc) is 3.23. The van der Waals surface area contributed by atoms with Crippen LogP contribution in [0.3, 0.4) is 0 Å². The Morgan fingerprint density at radius 3 is 2.70 bits per heavy atom. The Hall–Kier alpha value is -2.24. The van der Waals surface area contributed by atoms with Gasteiger partial charge in [0.25, 0.3) is 0 Å². The molecule has 0 fully saturated rings. The Morgan fingerprint density at radius 1 is 1.22 bits per heavy atom. The first-order valence-corrected chi connectivity index (χ1v) is 8.97. The highest BCUT2D eigenvalue weighted by atomic mass is 32.1. The van der Waals surface area contributed by atoms with Crippen LogP contribution in [0.25, 0.3) is 16.6 Å². The number of nitrogens with zero attached hydrogens (tertiary/aromatic N) is 1. The van der Waals surface area contributed by atoms with Gasteiger partial charge in [-0.25, -0.2) is 4.98 Å². The summed E-state index contributed by atoms with van der Waals surface area (Å²) in [4.78, 5) is 17.3. The normalized spacial score (nSPS) is 11.0. The zero-order valence-electron chi connectivity index (χ0n) is 12.7. The van der Waals surface area contributed by atoms with Crippen molar-refractivity contribution >= 4 is 34.7 Å². The van der Waals surface area contributed by atoms with Crippen LogP contribution in [-0.4, -0.2) is 10.9 Å². The number of benzene rings is 1. The molecule has 0 aliphatic carbocycles. The smallest absolute Gasteiger partial charge is 0.244 e. The predicted molar refractivity (Wildman–Crippen MR) is 97.5 cm³/mol. The zero-order valence-corrected chi connectivity index (χ0v) is 14.3. The first-order valence-electron chi connectivity index (χ1n) is 7.21. The van der Waals surface area contributed by atoms with E-state index in [0.29, 0.717) is 6.54 Å². The third-order valence-corrected chi connectivity index (χ3v) is 5.08. The van der Waals surface area contributed by atoms with E-state index in [-0.39, 0.29) is 5.91 Å². The minimum Gasteiger partial charge on any atom is -0.348 e. The Balaban J connectivity index is 1.55. The van der Waals surface area contributed by atoms with Gasteiger partial charge in [0.2, 0.25) is 5.91 Å². The maximum atomic E-state index is 11.8. The van der Waals surface area contributed by atoms with Gasteiger partial charge >= 0.3 is 0 Å². The summed E-state index contributed by atoms with van der Waals surface area (Å²) in [5.74, 6) is -0.0852. The molecule has 1 amide bonds. The van der Waals surface area contributed by atoms with Gasteiger partial charge in [-0.1, -0.05) is 30.3 Å². The third kappa shape index (κ3) is 4.37. The van der Waals surface area contributed by atoms with Gasteiger partial charge < -0.3 is 5.32 Å². The lowest BCUT2D eigenvalue weighted by atomic mass is 10.1. The number of aromatic nitrogens is 1. The van der Waals surface area contributed by atoms with Crippen LogP contribution >= 0.6 is 22.7 Å². The minimum atomic E-state index is -0.0852. The van der Waals surface area contributed by atoms with Gasteiger partial charge in [0.1, 0.15) is 5.01 Å². The van der Waals surface area contributed by atoms with Gasteiger partial charge in [-0.15, -0.1) is 22.7 Å². The maximum Gasteiger partial charge on any atom is 0.244 e. The van der Waals surface area contributed by atoms with E-state index in [1.807, 2.05) is 60.2 Å². The van der Waals surface area contributed by atoms with Gasteiger partial charge in [0.05, 0.1) is 0 Å². The van der Waals surface area contributed by atoms with E-state index in [4.69, 9.17) is 0 Å². The standard InChI is InChI=1S/C18H16N2OS2/c1-13-12-23-18(20-13)15-6-4-14(5-7-15)11-19-17(21)9-8-16-3-2-10-22-16/h2-10,12H,11H2,1H3,(H,19,21). The van der Waals surface area contributed by atoms with E-state index in [2.05, 4.69) is 10.3 Å². The van der Waals surface area contributed by atoms with Crippen LogP contribution in [0.4, 0.5) is 0 Å². The van der Waals surface area contributed by atoms with Crippen LogP contribution in [0.1, 0.15) is 16.1 Å². The van der Waals surface area contributed by atoms with E-state index < -0.39 is 0 Å². The van der Waals surface area contributed by atoms with Crippen LogP contribution < -0.4 is 5.32 Å². The van der Waals surface area contributed by atoms with Crippen molar-refractivity contribution in [3.05, 3.63) is 69.4 Å². The summed E-state index contributed by atoms with van der Waals surface area (Å²) in [5, 5.41) is 7.95. The quantitative estimate of drug-likeness (QED) is 0.694. The van der Waals surface area contributed by atoms with Crippen molar-refractivity contribution in [3.8, 4) is 10.6 Å². The van der Waals surface area contributed by atoms with E-state index in [9.17, 15) is 4.79 Å². The highest BCUT2D eigenvalue weighted by Crippen LogP contribution is 2.23. The predicted octanol–water partition coefficient (Wildman–Crippen LogP) is 4.51. The minimum absolute atomic E-state index is 0.0852. The lowest BCUT2D eigenvalue weighted by Crippen LogP contribution is -2.20. The topological polar surface area (TPSA) is 42.0 Å². The number of thiazole rings is 1. The fraction of sp³-hybridized carbons (Fsp3) is 0.111. The van der Waals surface area contributed by atoms with Crippen LogP contribution in [0, 0.1) is 6.92 Å². The van der Waals surface area contributed by atoms with Crippen molar-refractivity contribution in [2.45, 2.75) is 13.5 Å². The number of amides is 1. The number of hydrogen-bond donors (Lipinski definition) is 1. The molecule has 0 radical (unpaired) electrons. The molecule has 3 rings (SSSR count). The summed E-state index contributed by atoms with van der Waals surface area (Å²) in [7, 11) is 0. The molecule has 1 aromatic carbocycles. The number of carbonyl (C=O) groups excluding carboxylic acids is 1. The summed E-state index contributed by atoms with van der Waals surface area (Å²) >= 11 is 3.25. The fourth-order valence-corrected chi connectivity index (χ4v) is 3.47. The lowest BCUT2D eigenvalue weighted by molar-refractivity contribution is -0.116. The molecule has 1 N–H and O–H groups in total. The molecule has 0 saturated heterocycles. The highest BCUT2D eigenvalue weighted by Gasteiger charge is 2.03. The Labute approximate surface area is 143 Å². The molecule has 3 nitrogen and oxygen atoms in total. The second-order valence-corrected chi connectivity index (χ2v) is 6.89. The molecule has 2 aromatic heterocycles. The Bertz CT molecular complexity index is 802. The van der Waals surface area contributed by atoms with Crippen molar-refractivity contribution in [2.24, 2.45) is 0 Å². The van der Waals surface area contributed by atoms with E-state index in [1.165, 1.54) is 0 Å². The van der Waals surface area contributed by atoms with Gasteiger partial charge in [-0.3, -0.25) is 4.79 Å². The molecule has 0 aliphatic rings. The summed E-state index contributed by atoms with van der Waals surface area (Å²) in [6, 6.07) is 12.1. The molecule has 0 bridgehead atoms. The van der Waals surface area contributed by atoms with Crippen LogP contribution in [-0.2, 0) is 11.3 Å². The van der Waals surface area contributed by atoms with Crippen molar-refractivity contribution in [1.29, 1.82) is 0 Å². The summed E-state index contributed by atoms with van der Waals surface area (Å²) in [6.45, 7) is 2.51. The lowest BCUT2D eigenvalue weighted by Gasteiger charge is -2.03. The molecule has 0 saturated carbocycles. The van der Waals surface area contributed by atoms with E-state index in [0.717, 1.165) is 26.7 Å². The van der Waals surface area contributed by atoms with E-state index >= 15 is 0 Å². The molecule has 0 aliphatic heterocycles. The molecule has 116 valence electrons. The largest absolute Gasteiger partial charge is 0.348 e. The fourth-order valence-electron chi connectivity index (χ4n) is 2.04. The van der Waals surface area contributed by atoms with Crippen molar-refractivity contribution < 1.29 is 4.79 Å². The number of rotatable bonds is 5. The van der Waals surface area contributed by atoms with Gasteiger partial charge in [-0.2, -0.15) is 0 Å². The second kappa shape index (κ2) is 7.35. The summed E-state index contributed by atoms with van der Waals surface area (Å²) < 4.78 is 0. The third-order valence-electron chi connectivity index (χ3n) is 3.23. The van der Waals surface area contributed by atoms with Gasteiger partial charge in [0.15, 0.2) is 0 Å². The number of nitrogens with one attached hydrogen (secondary N) is 1. The summed E-state index contributed by atoms with van der Waals surface area (Å²) in [6.07, 6.45) is 3.40. The first-order chi connectivity index (χ1) is 11.2. The maximum absolute atomic E-state index is 11.8. The first kappa shape index (κ1) is 15.6. The van der Waals surface area contributed by atoms with Crippen molar-refractivity contribution in [1.82, 2.24) is 10.3 Å². The average molecular weight is 340 g/mol. The number of aryl methyl sites for hydroxylation is 1. The number of hydrogen-bond acceptors (Lipinski definition) is 4. The van der Waals surface area contributed by atoms with Gasteiger partial charge in [0, 0.05) is 34.1 Å². The molecule has 0 atom stereocenters. The highest BCUT2D eigenvalue weighted by molar-refractivity contribution is 7.13. The molecule has 3 aromatic rings. The molecule has 0 unspecified atom stereocenters. The SMILES string of the molecule is Cc1csc(-c2ccc(CNC(=O)C=Cc3cccs3)cc2)n1. The van der Waals surface area contributed by atoms with Crippen LogP contribution in [0.5, 0.6) is 0 Å². The van der Waals surface area contributed by atoms with Crippen molar-refractivity contribution in [3.63, 3.8) is 0 Å². The molecule has 5 heteroatoms. The van der Waals surface area contributed by atoms with E-state index in [1.54, 1.807) is 28.7 Å². The monoisotopic (exact) mass is 340 g/mol. The second-order valence-electron chi connectivity index (χ2n) is 5.06. The number of carbonyl (C=O) groups is 1. The Morgan fingerprint density at radius 2 is 2.04 bits per heavy atom. The van der Waals surface area contributed by atoms with Crippen molar-refractivity contribution in [2.75, 3.05) is 0 Å². The van der Waals surface area contributed by atoms with Crippen LogP contribution in [0.15, 0.2) is 53.2 Å². The number of thiophene rings is 1. The zero-order chi connectivity index (χ0) is 16.1. The van der Waals surface area contributed by atoms with Crippen LogP contribution in [0.2, 0.25) is 0 Å². The molecular formula is C18H16N2OS2.